The Labute approximate surface area is 91.3 Å². The van der Waals surface area contributed by atoms with Crippen molar-refractivity contribution in [1.82, 2.24) is 10.2 Å². The highest BCUT2D eigenvalue weighted by atomic mass is 32.2. The summed E-state index contributed by atoms with van der Waals surface area (Å²) in [5.41, 5.74) is 0.140. The van der Waals surface area contributed by atoms with E-state index in [2.05, 4.69) is 50.1 Å². The standard InChI is InChI=1S/C10H21N3S/c1-8-6-14-9(12-8)11-7-10(2,3)13(4)5/h8H,6-7H2,1-5H3,(H,11,12). The lowest BCUT2D eigenvalue weighted by Crippen LogP contribution is -2.41. The average Bonchev–Trinajstić information content (AvgIpc) is 2.48. The fourth-order valence-corrected chi connectivity index (χ4v) is 1.93. The van der Waals surface area contributed by atoms with Crippen LogP contribution in [0.1, 0.15) is 20.8 Å². The van der Waals surface area contributed by atoms with Crippen molar-refractivity contribution in [3.05, 3.63) is 0 Å². The topological polar surface area (TPSA) is 27.6 Å². The first-order valence-electron chi connectivity index (χ1n) is 5.03. The van der Waals surface area contributed by atoms with Gasteiger partial charge in [0.15, 0.2) is 5.17 Å². The van der Waals surface area contributed by atoms with Crippen LogP contribution in [0, 0.1) is 0 Å². The minimum atomic E-state index is 0.140. The monoisotopic (exact) mass is 215 g/mol. The van der Waals surface area contributed by atoms with E-state index in [1.807, 2.05) is 11.8 Å². The molecule has 0 saturated carbocycles. The summed E-state index contributed by atoms with van der Waals surface area (Å²) in [5, 5.41) is 4.46. The van der Waals surface area contributed by atoms with Crippen molar-refractivity contribution in [1.29, 1.82) is 0 Å². The molecule has 1 atom stereocenters. The molecule has 1 fully saturated rings. The van der Waals surface area contributed by atoms with E-state index in [1.165, 1.54) is 0 Å². The summed E-state index contributed by atoms with van der Waals surface area (Å²) in [5.74, 6) is 1.14. The molecule has 1 aliphatic rings. The molecule has 0 aromatic carbocycles. The maximum Gasteiger partial charge on any atom is 0.156 e. The van der Waals surface area contributed by atoms with Crippen molar-refractivity contribution in [2.24, 2.45) is 4.99 Å². The summed E-state index contributed by atoms with van der Waals surface area (Å²) < 4.78 is 0. The van der Waals surface area contributed by atoms with Gasteiger partial charge in [-0.05, 0) is 34.9 Å². The van der Waals surface area contributed by atoms with Gasteiger partial charge in [-0.25, -0.2) is 0 Å². The molecule has 0 aromatic rings. The maximum atomic E-state index is 4.59. The number of aliphatic imine (C=N–C) groups is 1. The van der Waals surface area contributed by atoms with Crippen LogP contribution < -0.4 is 5.32 Å². The van der Waals surface area contributed by atoms with E-state index in [-0.39, 0.29) is 5.54 Å². The molecule has 1 N–H and O–H groups in total. The molecule has 1 saturated heterocycles. The molecule has 1 rings (SSSR count). The Morgan fingerprint density at radius 2 is 2.21 bits per heavy atom. The van der Waals surface area contributed by atoms with Gasteiger partial charge in [-0.2, -0.15) is 0 Å². The van der Waals surface area contributed by atoms with Crippen LogP contribution >= 0.6 is 11.8 Å². The van der Waals surface area contributed by atoms with E-state index in [0.717, 1.165) is 17.5 Å². The number of likely N-dealkylation sites (N-methyl/N-ethyl adjacent to an activating group) is 1. The van der Waals surface area contributed by atoms with Gasteiger partial charge in [-0.15, -0.1) is 0 Å². The quantitative estimate of drug-likeness (QED) is 0.771. The van der Waals surface area contributed by atoms with E-state index < -0.39 is 0 Å². The van der Waals surface area contributed by atoms with Gasteiger partial charge in [-0.3, -0.25) is 4.99 Å². The second kappa shape index (κ2) is 4.53. The molecular weight excluding hydrogens is 194 g/mol. The van der Waals surface area contributed by atoms with Crippen molar-refractivity contribution >= 4 is 16.9 Å². The Morgan fingerprint density at radius 1 is 1.57 bits per heavy atom. The fraction of sp³-hybridized carbons (Fsp3) is 0.900. The average molecular weight is 215 g/mol. The summed E-state index contributed by atoms with van der Waals surface area (Å²) in [6.45, 7) is 7.45. The molecular formula is C10H21N3S. The van der Waals surface area contributed by atoms with Crippen LogP contribution in [0.5, 0.6) is 0 Å². The van der Waals surface area contributed by atoms with Gasteiger partial charge in [-0.1, -0.05) is 11.8 Å². The summed E-state index contributed by atoms with van der Waals surface area (Å²) in [4.78, 5) is 6.80. The van der Waals surface area contributed by atoms with Crippen molar-refractivity contribution in [2.45, 2.75) is 32.4 Å². The van der Waals surface area contributed by atoms with Gasteiger partial charge < -0.3 is 10.2 Å². The normalized spacial score (nSPS) is 25.9. The maximum absolute atomic E-state index is 4.59. The van der Waals surface area contributed by atoms with E-state index in [1.54, 1.807) is 0 Å². The molecule has 14 heavy (non-hydrogen) atoms. The Balaban J connectivity index is 2.46. The third-order valence-corrected chi connectivity index (χ3v) is 3.85. The lowest BCUT2D eigenvalue weighted by atomic mass is 10.1. The second-order valence-corrected chi connectivity index (χ2v) is 5.69. The minimum absolute atomic E-state index is 0.140. The number of thioether (sulfide) groups is 1. The lowest BCUT2D eigenvalue weighted by Gasteiger charge is -2.30. The van der Waals surface area contributed by atoms with Gasteiger partial charge >= 0.3 is 0 Å². The van der Waals surface area contributed by atoms with Crippen LogP contribution in [-0.2, 0) is 0 Å². The molecule has 4 heteroatoms. The van der Waals surface area contributed by atoms with E-state index in [9.17, 15) is 0 Å². The van der Waals surface area contributed by atoms with E-state index >= 15 is 0 Å². The summed E-state index contributed by atoms with van der Waals surface area (Å²) in [6.07, 6.45) is 0. The summed E-state index contributed by atoms with van der Waals surface area (Å²) >= 11 is 1.82. The van der Waals surface area contributed by atoms with Crippen LogP contribution in [0.15, 0.2) is 4.99 Å². The third kappa shape index (κ3) is 3.17. The van der Waals surface area contributed by atoms with Gasteiger partial charge in [0.2, 0.25) is 0 Å². The molecule has 0 aliphatic carbocycles. The Hall–Kier alpha value is -0.220. The molecule has 0 radical (unpaired) electrons. The molecule has 1 aliphatic heterocycles. The van der Waals surface area contributed by atoms with Crippen molar-refractivity contribution < 1.29 is 0 Å². The highest BCUT2D eigenvalue weighted by Gasteiger charge is 2.21. The zero-order chi connectivity index (χ0) is 10.8. The van der Waals surface area contributed by atoms with Crippen LogP contribution in [0.2, 0.25) is 0 Å². The molecule has 82 valence electrons. The lowest BCUT2D eigenvalue weighted by molar-refractivity contribution is 0.205. The molecule has 1 unspecified atom stereocenters. The number of rotatable bonds is 3. The van der Waals surface area contributed by atoms with E-state index in [4.69, 9.17) is 0 Å². The minimum Gasteiger partial charge on any atom is -0.362 e. The van der Waals surface area contributed by atoms with Crippen molar-refractivity contribution in [3.63, 3.8) is 0 Å². The zero-order valence-electron chi connectivity index (χ0n) is 9.79. The summed E-state index contributed by atoms with van der Waals surface area (Å²) in [6, 6.07) is 0.571. The van der Waals surface area contributed by atoms with E-state index in [0.29, 0.717) is 6.04 Å². The SMILES string of the molecule is CC1CSC(=NCC(C)(C)N(C)C)N1. The molecule has 0 aromatic heterocycles. The predicted octanol–water partition coefficient (Wildman–Crippen LogP) is 1.41. The van der Waals surface area contributed by atoms with Crippen LogP contribution in [0.4, 0.5) is 0 Å². The second-order valence-electron chi connectivity index (χ2n) is 4.68. The fourth-order valence-electron chi connectivity index (χ4n) is 0.996. The highest BCUT2D eigenvalue weighted by Crippen LogP contribution is 2.16. The largest absolute Gasteiger partial charge is 0.362 e. The number of hydrogen-bond acceptors (Lipinski definition) is 3. The van der Waals surface area contributed by atoms with Gasteiger partial charge in [0.1, 0.15) is 0 Å². The number of nitrogens with one attached hydrogen (secondary N) is 1. The number of amidine groups is 1. The Bertz CT molecular complexity index is 223. The van der Waals surface area contributed by atoms with Crippen molar-refractivity contribution in [3.8, 4) is 0 Å². The highest BCUT2D eigenvalue weighted by molar-refractivity contribution is 8.14. The Morgan fingerprint density at radius 3 is 2.64 bits per heavy atom. The number of hydrogen-bond donors (Lipinski definition) is 1. The predicted molar refractivity (Wildman–Crippen MR) is 65.1 cm³/mol. The van der Waals surface area contributed by atoms with Crippen molar-refractivity contribution in [2.75, 3.05) is 26.4 Å². The Kier molecular flexibility index (Phi) is 3.84. The number of nitrogens with zero attached hydrogens (tertiary/aromatic N) is 2. The third-order valence-electron chi connectivity index (χ3n) is 2.66. The van der Waals surface area contributed by atoms with Crippen LogP contribution in [0.3, 0.4) is 0 Å². The zero-order valence-corrected chi connectivity index (χ0v) is 10.6. The van der Waals surface area contributed by atoms with Crippen LogP contribution in [-0.4, -0.2) is 48.0 Å². The molecule has 1 heterocycles. The van der Waals surface area contributed by atoms with Gasteiger partial charge in [0, 0.05) is 17.3 Å². The first kappa shape index (κ1) is 11.9. The molecule has 0 amide bonds. The smallest absolute Gasteiger partial charge is 0.156 e. The molecule has 3 nitrogen and oxygen atoms in total. The first-order valence-corrected chi connectivity index (χ1v) is 6.01. The van der Waals surface area contributed by atoms with Gasteiger partial charge in [0.05, 0.1) is 6.54 Å². The van der Waals surface area contributed by atoms with Gasteiger partial charge in [0.25, 0.3) is 0 Å². The molecule has 0 bridgehead atoms. The molecule has 0 spiro atoms. The summed E-state index contributed by atoms with van der Waals surface area (Å²) in [7, 11) is 4.19. The van der Waals surface area contributed by atoms with Crippen LogP contribution in [0.25, 0.3) is 0 Å². The first-order chi connectivity index (χ1) is 6.42.